The van der Waals surface area contributed by atoms with Gasteiger partial charge in [-0.05, 0) is 31.5 Å². The summed E-state index contributed by atoms with van der Waals surface area (Å²) in [5.41, 5.74) is 0.137. The summed E-state index contributed by atoms with van der Waals surface area (Å²) < 4.78 is 43.5. The number of carbonyl (C=O) groups excluding carboxylic acids is 1. The van der Waals surface area contributed by atoms with Gasteiger partial charge in [-0.2, -0.15) is 13.2 Å². The predicted octanol–water partition coefficient (Wildman–Crippen LogP) is 3.64. The molecule has 0 spiro atoms. The number of esters is 1. The lowest BCUT2D eigenvalue weighted by atomic mass is 9.92. The van der Waals surface area contributed by atoms with Crippen LogP contribution in [0.3, 0.4) is 0 Å². The number of nitrogens with zero attached hydrogens (tertiary/aromatic N) is 1. The highest BCUT2D eigenvalue weighted by Gasteiger charge is 2.38. The van der Waals surface area contributed by atoms with Crippen molar-refractivity contribution in [3.05, 3.63) is 34.9 Å². The minimum atomic E-state index is -4.44. The zero-order valence-electron chi connectivity index (χ0n) is 12.4. The number of rotatable bonds is 3. The number of ether oxygens (including phenoxy) is 1. The Morgan fingerprint density at radius 2 is 2.05 bits per heavy atom. The highest BCUT2D eigenvalue weighted by atomic mass is 19.4. The van der Waals surface area contributed by atoms with Crippen LogP contribution < -0.4 is 0 Å². The van der Waals surface area contributed by atoms with Crippen LogP contribution in [0.5, 0.6) is 0 Å². The zero-order chi connectivity index (χ0) is 16.5. The topological polar surface area (TPSA) is 47.9 Å². The van der Waals surface area contributed by atoms with Gasteiger partial charge in [-0.15, -0.1) is 0 Å². The maximum atomic E-state index is 12.9. The fourth-order valence-corrected chi connectivity index (χ4v) is 2.35. The van der Waals surface area contributed by atoms with Crippen molar-refractivity contribution in [2.75, 3.05) is 6.61 Å². The van der Waals surface area contributed by atoms with E-state index in [4.69, 9.17) is 9.57 Å². The molecule has 0 saturated heterocycles. The van der Waals surface area contributed by atoms with E-state index in [0.29, 0.717) is 11.1 Å². The van der Waals surface area contributed by atoms with E-state index in [-0.39, 0.29) is 12.3 Å². The number of benzene rings is 1. The summed E-state index contributed by atoms with van der Waals surface area (Å²) >= 11 is 0. The number of oxime groups is 1. The van der Waals surface area contributed by atoms with Gasteiger partial charge in [-0.25, -0.2) is 4.79 Å². The third-order valence-corrected chi connectivity index (χ3v) is 3.39. The normalized spacial score (nSPS) is 21.3. The van der Waals surface area contributed by atoms with Gasteiger partial charge in [0.05, 0.1) is 18.1 Å². The molecule has 0 aliphatic carbocycles. The number of alkyl halides is 3. The molecule has 0 bridgehead atoms. The van der Waals surface area contributed by atoms with Crippen molar-refractivity contribution < 1.29 is 27.5 Å². The van der Waals surface area contributed by atoms with Gasteiger partial charge in [0.15, 0.2) is 11.8 Å². The highest BCUT2D eigenvalue weighted by Crippen LogP contribution is 2.37. The summed E-state index contributed by atoms with van der Waals surface area (Å²) in [7, 11) is 0. The Bertz CT molecular complexity index is 611. The lowest BCUT2D eigenvalue weighted by molar-refractivity contribution is -0.138. The molecule has 7 heteroatoms. The molecule has 2 rings (SSSR count). The van der Waals surface area contributed by atoms with Crippen molar-refractivity contribution in [3.63, 3.8) is 0 Å². The van der Waals surface area contributed by atoms with E-state index in [9.17, 15) is 18.0 Å². The Hall–Kier alpha value is -2.05. The maximum Gasteiger partial charge on any atom is 0.416 e. The van der Waals surface area contributed by atoms with Crippen molar-refractivity contribution in [3.8, 4) is 0 Å². The molecule has 0 saturated carbocycles. The van der Waals surface area contributed by atoms with Crippen molar-refractivity contribution in [1.82, 2.24) is 0 Å². The standard InChI is InChI=1S/C15H16F3NO3/c1-4-21-14(20)12-9(3)13(22-19-12)10-5-8(2)6-11(7-10)15(16,17)18/h5-7,9,13H,4H2,1-3H3. The van der Waals surface area contributed by atoms with Crippen molar-refractivity contribution in [2.45, 2.75) is 33.1 Å². The second-order valence-corrected chi connectivity index (χ2v) is 5.14. The lowest BCUT2D eigenvalue weighted by Crippen LogP contribution is -2.24. The van der Waals surface area contributed by atoms with E-state index in [1.54, 1.807) is 26.8 Å². The first-order valence-corrected chi connectivity index (χ1v) is 6.83. The second-order valence-electron chi connectivity index (χ2n) is 5.14. The van der Waals surface area contributed by atoms with Crippen LogP contribution in [0.15, 0.2) is 23.4 Å². The Morgan fingerprint density at radius 1 is 1.36 bits per heavy atom. The molecule has 2 atom stereocenters. The van der Waals surface area contributed by atoms with Crippen LogP contribution in [0.1, 0.15) is 36.6 Å². The number of aryl methyl sites for hydroxylation is 1. The van der Waals surface area contributed by atoms with Crippen LogP contribution in [-0.4, -0.2) is 18.3 Å². The van der Waals surface area contributed by atoms with Crippen LogP contribution in [0.2, 0.25) is 0 Å². The molecule has 1 heterocycles. The Labute approximate surface area is 125 Å². The molecule has 1 aromatic carbocycles. The maximum absolute atomic E-state index is 12.9. The minimum absolute atomic E-state index is 0.0851. The Kier molecular flexibility index (Phi) is 4.44. The molecule has 1 aliphatic rings. The molecule has 1 aliphatic heterocycles. The minimum Gasteiger partial charge on any atom is -0.461 e. The smallest absolute Gasteiger partial charge is 0.416 e. The van der Waals surface area contributed by atoms with E-state index < -0.39 is 29.7 Å². The van der Waals surface area contributed by atoms with Gasteiger partial charge in [-0.3, -0.25) is 0 Å². The molecule has 1 aromatic rings. The molecule has 0 aromatic heterocycles. The molecule has 120 valence electrons. The summed E-state index contributed by atoms with van der Waals surface area (Å²) in [5.74, 6) is -1.09. The number of carbonyl (C=O) groups is 1. The molecule has 0 N–H and O–H groups in total. The predicted molar refractivity (Wildman–Crippen MR) is 73.2 cm³/mol. The van der Waals surface area contributed by atoms with Crippen LogP contribution >= 0.6 is 0 Å². The average Bonchev–Trinajstić information content (AvgIpc) is 2.79. The fourth-order valence-electron chi connectivity index (χ4n) is 2.35. The van der Waals surface area contributed by atoms with Crippen molar-refractivity contribution >= 4 is 11.7 Å². The van der Waals surface area contributed by atoms with Crippen LogP contribution in [0.25, 0.3) is 0 Å². The molecule has 0 amide bonds. The van der Waals surface area contributed by atoms with Crippen LogP contribution in [0, 0.1) is 12.8 Å². The second kappa shape index (κ2) is 5.98. The number of halogens is 3. The third kappa shape index (κ3) is 3.23. The monoisotopic (exact) mass is 315 g/mol. The van der Waals surface area contributed by atoms with Gasteiger partial charge >= 0.3 is 12.1 Å². The van der Waals surface area contributed by atoms with E-state index in [1.807, 2.05) is 0 Å². The first-order chi connectivity index (χ1) is 10.2. The van der Waals surface area contributed by atoms with E-state index in [2.05, 4.69) is 5.16 Å². The van der Waals surface area contributed by atoms with Gasteiger partial charge in [0.1, 0.15) is 0 Å². The summed E-state index contributed by atoms with van der Waals surface area (Å²) in [6.07, 6.45) is -5.17. The first kappa shape index (κ1) is 16.3. The molecule has 0 fully saturated rings. The van der Waals surface area contributed by atoms with Gasteiger partial charge in [-0.1, -0.05) is 23.7 Å². The quantitative estimate of drug-likeness (QED) is 0.800. The van der Waals surface area contributed by atoms with Crippen molar-refractivity contribution in [2.24, 2.45) is 11.1 Å². The lowest BCUT2D eigenvalue weighted by Gasteiger charge is -2.17. The molecule has 4 nitrogen and oxygen atoms in total. The van der Waals surface area contributed by atoms with Crippen LogP contribution in [-0.2, 0) is 20.5 Å². The van der Waals surface area contributed by atoms with Gasteiger partial charge < -0.3 is 9.57 Å². The number of hydrogen-bond acceptors (Lipinski definition) is 4. The summed E-state index contributed by atoms with van der Waals surface area (Å²) in [5, 5.41) is 3.68. The van der Waals surface area contributed by atoms with E-state index in [1.165, 1.54) is 0 Å². The Balaban J connectivity index is 2.28. The molecule has 22 heavy (non-hydrogen) atoms. The van der Waals surface area contributed by atoms with Gasteiger partial charge in [0.25, 0.3) is 0 Å². The molecule has 2 unspecified atom stereocenters. The summed E-state index contributed by atoms with van der Waals surface area (Å²) in [6, 6.07) is 3.69. The average molecular weight is 315 g/mol. The van der Waals surface area contributed by atoms with E-state index in [0.717, 1.165) is 12.1 Å². The van der Waals surface area contributed by atoms with E-state index >= 15 is 0 Å². The highest BCUT2D eigenvalue weighted by molar-refractivity contribution is 6.37. The zero-order valence-corrected chi connectivity index (χ0v) is 12.4. The first-order valence-electron chi connectivity index (χ1n) is 6.83. The van der Waals surface area contributed by atoms with Crippen molar-refractivity contribution in [1.29, 1.82) is 0 Å². The Morgan fingerprint density at radius 3 is 2.64 bits per heavy atom. The molecule has 0 radical (unpaired) electrons. The molecular formula is C15H16F3NO3. The largest absolute Gasteiger partial charge is 0.461 e. The van der Waals surface area contributed by atoms with Crippen LogP contribution in [0.4, 0.5) is 13.2 Å². The molecular weight excluding hydrogens is 299 g/mol. The summed E-state index contributed by atoms with van der Waals surface area (Å²) in [4.78, 5) is 16.9. The van der Waals surface area contributed by atoms with Gasteiger partial charge in [0, 0.05) is 0 Å². The third-order valence-electron chi connectivity index (χ3n) is 3.39. The van der Waals surface area contributed by atoms with Gasteiger partial charge in [0.2, 0.25) is 0 Å². The number of hydrogen-bond donors (Lipinski definition) is 0. The SMILES string of the molecule is CCOC(=O)C1=NOC(c2cc(C)cc(C(F)(F)F)c2)C1C. The fraction of sp³-hybridized carbons (Fsp3) is 0.467. The summed E-state index contributed by atoms with van der Waals surface area (Å²) in [6.45, 7) is 5.10.